The predicted molar refractivity (Wildman–Crippen MR) is 109 cm³/mol. The maximum absolute atomic E-state index is 13.4. The molecular weight excluding hydrogens is 357 g/mol. The van der Waals surface area contributed by atoms with Gasteiger partial charge in [-0.05, 0) is 54.7 Å². The molecule has 0 aromatic heterocycles. The highest BCUT2D eigenvalue weighted by Crippen LogP contribution is 2.18. The first kappa shape index (κ1) is 20.0. The fraction of sp³-hybridized carbons (Fsp3) is 0.364. The summed E-state index contributed by atoms with van der Waals surface area (Å²) in [7, 11) is 0. The molecule has 1 fully saturated rings. The topological polar surface area (TPSA) is 62.7 Å². The molecule has 0 unspecified atom stereocenters. The van der Waals surface area contributed by atoms with Crippen LogP contribution in [-0.4, -0.2) is 31.1 Å². The van der Waals surface area contributed by atoms with E-state index < -0.39 is 11.7 Å². The highest BCUT2D eigenvalue weighted by molar-refractivity contribution is 6.09. The number of hydrogen-bond donors (Lipinski definition) is 2. The van der Waals surface area contributed by atoms with Gasteiger partial charge in [-0.15, -0.1) is 0 Å². The molecule has 1 aliphatic rings. The Balaban J connectivity index is 1.77. The van der Waals surface area contributed by atoms with Gasteiger partial charge < -0.3 is 10.1 Å². The van der Waals surface area contributed by atoms with Crippen molar-refractivity contribution in [2.24, 2.45) is 4.99 Å². The van der Waals surface area contributed by atoms with E-state index in [0.717, 1.165) is 25.1 Å². The standard InChI is InChI=1S/C22H26FN3O2/c1-15(2)16-6-4-9-19(13-16)25-22(24-14-20-10-5-11-28-20)26-21(27)17-7-3-8-18(23)12-17/h3-4,6-9,12-13,15,20H,5,10-11,14H2,1-2H3,(H2,24,25,26,27)/t20-/m1/s1. The van der Waals surface area contributed by atoms with Crippen LogP contribution in [0.15, 0.2) is 53.5 Å². The summed E-state index contributed by atoms with van der Waals surface area (Å²) in [6.07, 6.45) is 2.04. The second-order valence-corrected chi connectivity index (χ2v) is 7.19. The van der Waals surface area contributed by atoms with Crippen molar-refractivity contribution in [3.8, 4) is 0 Å². The summed E-state index contributed by atoms with van der Waals surface area (Å²) in [5.41, 5.74) is 2.25. The number of nitrogens with zero attached hydrogens (tertiary/aromatic N) is 1. The van der Waals surface area contributed by atoms with Gasteiger partial charge in [-0.3, -0.25) is 10.1 Å². The number of guanidine groups is 1. The van der Waals surface area contributed by atoms with E-state index in [1.807, 2.05) is 18.2 Å². The van der Waals surface area contributed by atoms with Gasteiger partial charge in [0.1, 0.15) is 5.82 Å². The van der Waals surface area contributed by atoms with Crippen LogP contribution in [0, 0.1) is 5.82 Å². The minimum absolute atomic E-state index is 0.0601. The zero-order valence-corrected chi connectivity index (χ0v) is 16.2. The average Bonchev–Trinajstić information content (AvgIpc) is 3.20. The largest absolute Gasteiger partial charge is 0.376 e. The quantitative estimate of drug-likeness (QED) is 0.597. The normalized spacial score (nSPS) is 17.0. The van der Waals surface area contributed by atoms with Crippen LogP contribution in [0.5, 0.6) is 0 Å². The number of aliphatic imine (C=N–C) groups is 1. The Hall–Kier alpha value is -2.73. The van der Waals surface area contributed by atoms with E-state index in [0.29, 0.717) is 18.4 Å². The molecule has 1 heterocycles. The molecule has 148 valence electrons. The first-order valence-corrected chi connectivity index (χ1v) is 9.61. The smallest absolute Gasteiger partial charge is 0.258 e. The van der Waals surface area contributed by atoms with Crippen LogP contribution < -0.4 is 10.6 Å². The monoisotopic (exact) mass is 383 g/mol. The molecular formula is C22H26FN3O2. The molecule has 2 aromatic rings. The van der Waals surface area contributed by atoms with Crippen LogP contribution >= 0.6 is 0 Å². The Morgan fingerprint density at radius 2 is 2.07 bits per heavy atom. The second kappa shape index (κ2) is 9.46. The molecule has 0 aliphatic carbocycles. The van der Waals surface area contributed by atoms with Crippen molar-refractivity contribution >= 4 is 17.6 Å². The van der Waals surface area contributed by atoms with Crippen LogP contribution in [0.25, 0.3) is 0 Å². The van der Waals surface area contributed by atoms with Crippen molar-refractivity contribution in [2.75, 3.05) is 18.5 Å². The Labute approximate surface area is 165 Å². The van der Waals surface area contributed by atoms with Crippen molar-refractivity contribution in [2.45, 2.75) is 38.7 Å². The summed E-state index contributed by atoms with van der Waals surface area (Å²) < 4.78 is 19.1. The first-order valence-electron chi connectivity index (χ1n) is 9.61. The zero-order valence-electron chi connectivity index (χ0n) is 16.2. The Morgan fingerprint density at radius 3 is 2.79 bits per heavy atom. The molecule has 2 aromatic carbocycles. The molecule has 0 bridgehead atoms. The molecule has 0 saturated carbocycles. The lowest BCUT2D eigenvalue weighted by molar-refractivity contribution is 0.0975. The van der Waals surface area contributed by atoms with Gasteiger partial charge in [0, 0.05) is 17.9 Å². The van der Waals surface area contributed by atoms with E-state index in [4.69, 9.17) is 4.74 Å². The average molecular weight is 383 g/mol. The van der Waals surface area contributed by atoms with Crippen molar-refractivity contribution in [1.82, 2.24) is 5.32 Å². The van der Waals surface area contributed by atoms with Gasteiger partial charge in [0.25, 0.3) is 5.91 Å². The molecule has 1 amide bonds. The number of ether oxygens (including phenoxy) is 1. The summed E-state index contributed by atoms with van der Waals surface area (Å²) in [6.45, 7) is 5.44. The minimum Gasteiger partial charge on any atom is -0.376 e. The molecule has 1 saturated heterocycles. The van der Waals surface area contributed by atoms with Crippen molar-refractivity contribution in [3.63, 3.8) is 0 Å². The molecule has 1 atom stereocenters. The maximum atomic E-state index is 13.4. The molecule has 6 heteroatoms. The summed E-state index contributed by atoms with van der Waals surface area (Å²) >= 11 is 0. The Morgan fingerprint density at radius 1 is 1.25 bits per heavy atom. The third-order valence-corrected chi connectivity index (χ3v) is 4.61. The number of nitrogens with one attached hydrogen (secondary N) is 2. The number of halogens is 1. The zero-order chi connectivity index (χ0) is 19.9. The van der Waals surface area contributed by atoms with Gasteiger partial charge in [0.2, 0.25) is 5.96 Å². The lowest BCUT2D eigenvalue weighted by atomic mass is 10.0. The lowest BCUT2D eigenvalue weighted by Crippen LogP contribution is -2.36. The van der Waals surface area contributed by atoms with Crippen LogP contribution in [0.2, 0.25) is 0 Å². The van der Waals surface area contributed by atoms with E-state index >= 15 is 0 Å². The Kier molecular flexibility index (Phi) is 6.76. The number of carbonyl (C=O) groups excluding carboxylic acids is 1. The van der Waals surface area contributed by atoms with Crippen LogP contribution in [0.3, 0.4) is 0 Å². The second-order valence-electron chi connectivity index (χ2n) is 7.19. The van der Waals surface area contributed by atoms with Gasteiger partial charge in [-0.2, -0.15) is 0 Å². The summed E-state index contributed by atoms with van der Waals surface area (Å²) in [4.78, 5) is 17.1. The number of amides is 1. The Bertz CT molecular complexity index is 845. The van der Waals surface area contributed by atoms with E-state index in [2.05, 4.69) is 35.5 Å². The summed E-state index contributed by atoms with van der Waals surface area (Å²) in [5.74, 6) is -0.164. The van der Waals surface area contributed by atoms with Crippen molar-refractivity contribution in [1.29, 1.82) is 0 Å². The van der Waals surface area contributed by atoms with Gasteiger partial charge in [0.05, 0.1) is 12.6 Å². The number of rotatable bonds is 5. The minimum atomic E-state index is -0.455. The molecule has 0 spiro atoms. The van der Waals surface area contributed by atoms with Crippen molar-refractivity contribution in [3.05, 3.63) is 65.5 Å². The third kappa shape index (κ3) is 5.63. The molecule has 3 rings (SSSR count). The third-order valence-electron chi connectivity index (χ3n) is 4.61. The van der Waals surface area contributed by atoms with Gasteiger partial charge in [0.15, 0.2) is 0 Å². The highest BCUT2D eigenvalue weighted by Gasteiger charge is 2.16. The molecule has 1 aliphatic heterocycles. The van der Waals surface area contributed by atoms with Gasteiger partial charge in [-0.1, -0.05) is 32.0 Å². The summed E-state index contributed by atoms with van der Waals surface area (Å²) in [5, 5.41) is 5.94. The molecule has 0 radical (unpaired) electrons. The molecule has 2 N–H and O–H groups in total. The van der Waals surface area contributed by atoms with Crippen LogP contribution in [0.1, 0.15) is 48.5 Å². The summed E-state index contributed by atoms with van der Waals surface area (Å²) in [6, 6.07) is 13.5. The first-order chi connectivity index (χ1) is 13.5. The van der Waals surface area contributed by atoms with Gasteiger partial charge >= 0.3 is 0 Å². The number of hydrogen-bond acceptors (Lipinski definition) is 3. The SMILES string of the molecule is CC(C)c1cccc(NC(=NC[C@H]2CCCO2)NC(=O)c2cccc(F)c2)c1. The fourth-order valence-electron chi connectivity index (χ4n) is 3.01. The maximum Gasteiger partial charge on any atom is 0.258 e. The van der Waals surface area contributed by atoms with Crippen molar-refractivity contribution < 1.29 is 13.9 Å². The van der Waals surface area contributed by atoms with E-state index in [9.17, 15) is 9.18 Å². The number of benzene rings is 2. The number of carbonyl (C=O) groups is 1. The predicted octanol–water partition coefficient (Wildman–Crippen LogP) is 4.33. The fourth-order valence-corrected chi connectivity index (χ4v) is 3.01. The lowest BCUT2D eigenvalue weighted by Gasteiger charge is -2.15. The van der Waals surface area contributed by atoms with E-state index in [1.165, 1.54) is 23.8 Å². The van der Waals surface area contributed by atoms with Crippen LogP contribution in [-0.2, 0) is 4.74 Å². The molecule has 5 nitrogen and oxygen atoms in total. The van der Waals surface area contributed by atoms with E-state index in [1.54, 1.807) is 6.07 Å². The van der Waals surface area contributed by atoms with E-state index in [-0.39, 0.29) is 11.7 Å². The van der Waals surface area contributed by atoms with Crippen LogP contribution in [0.4, 0.5) is 10.1 Å². The molecule has 28 heavy (non-hydrogen) atoms. The highest BCUT2D eigenvalue weighted by atomic mass is 19.1. The number of anilines is 1. The van der Waals surface area contributed by atoms with Gasteiger partial charge in [-0.25, -0.2) is 9.38 Å².